The molecule has 1 amide bonds. The normalized spacial score (nSPS) is 17.4. The molecule has 47 heavy (non-hydrogen) atoms. The van der Waals surface area contributed by atoms with Crippen molar-refractivity contribution in [1.82, 2.24) is 5.32 Å². The lowest BCUT2D eigenvalue weighted by Crippen LogP contribution is -2.48. The van der Waals surface area contributed by atoms with Gasteiger partial charge in [-0.3, -0.25) is 4.79 Å². The first-order chi connectivity index (χ1) is 22.9. The quantitative estimate of drug-likeness (QED) is 0.123. The Morgan fingerprint density at radius 3 is 2.53 bits per heavy atom. The first-order valence-electron chi connectivity index (χ1n) is 15.3. The van der Waals surface area contributed by atoms with Gasteiger partial charge in [-0.1, -0.05) is 83.9 Å². The van der Waals surface area contributed by atoms with E-state index in [2.05, 4.69) is 5.32 Å². The van der Waals surface area contributed by atoms with Crippen molar-refractivity contribution in [2.45, 2.75) is 30.2 Å². The summed E-state index contributed by atoms with van der Waals surface area (Å²) in [7, 11) is 0. The third kappa shape index (κ3) is 9.17. The number of aliphatic hydroxyl groups is 1. The van der Waals surface area contributed by atoms with E-state index in [0.717, 1.165) is 11.1 Å². The van der Waals surface area contributed by atoms with E-state index in [1.807, 2.05) is 54.6 Å². The van der Waals surface area contributed by atoms with Crippen LogP contribution in [-0.2, 0) is 15.3 Å². The smallest absolute Gasteiger partial charge is 0.252 e. The van der Waals surface area contributed by atoms with E-state index in [9.17, 15) is 9.18 Å². The number of benzene rings is 4. The molecule has 0 saturated carbocycles. The highest BCUT2D eigenvalue weighted by molar-refractivity contribution is 7.98. The van der Waals surface area contributed by atoms with Gasteiger partial charge in [-0.25, -0.2) is 9.38 Å². The first kappa shape index (κ1) is 34.5. The summed E-state index contributed by atoms with van der Waals surface area (Å²) in [5.74, 6) is 1.71. The molecule has 244 valence electrons. The number of thioether (sulfide) groups is 1. The molecule has 6 nitrogen and oxygen atoms in total. The molecule has 0 fully saturated rings. The van der Waals surface area contributed by atoms with Gasteiger partial charge in [0.25, 0.3) is 5.91 Å². The lowest BCUT2D eigenvalue weighted by Gasteiger charge is -2.30. The van der Waals surface area contributed by atoms with Gasteiger partial charge in [0.2, 0.25) is 5.90 Å². The van der Waals surface area contributed by atoms with Crippen molar-refractivity contribution in [3.05, 3.63) is 141 Å². The van der Waals surface area contributed by atoms with Crippen molar-refractivity contribution < 1.29 is 23.8 Å². The number of nitrogens with one attached hydrogen (secondary N) is 1. The van der Waals surface area contributed by atoms with Gasteiger partial charge in [0.1, 0.15) is 11.6 Å². The Kier molecular flexibility index (Phi) is 12.4. The molecule has 0 spiro atoms. The van der Waals surface area contributed by atoms with E-state index in [1.165, 1.54) is 12.1 Å². The number of halogens is 3. The van der Waals surface area contributed by atoms with Crippen molar-refractivity contribution in [3.63, 3.8) is 0 Å². The fourth-order valence-electron chi connectivity index (χ4n) is 5.11. The van der Waals surface area contributed by atoms with Gasteiger partial charge in [-0.2, -0.15) is 11.8 Å². The molecule has 0 radical (unpaired) electrons. The number of carbonyl (C=O) groups excluding carboxylic acids is 1. The van der Waals surface area contributed by atoms with E-state index < -0.39 is 11.6 Å². The minimum atomic E-state index is -1.39. The number of hydrogen-bond acceptors (Lipinski definition) is 6. The Bertz CT molecular complexity index is 1690. The number of carbonyl (C=O) groups is 1. The largest absolute Gasteiger partial charge is 0.494 e. The molecule has 1 aliphatic heterocycles. The summed E-state index contributed by atoms with van der Waals surface area (Å²) in [6.45, 7) is 0.831. The second-order valence-corrected chi connectivity index (χ2v) is 12.9. The standard InChI is InChI=1S/C37H35Cl2FN2O4S/c38-29-13-18-32(33(39)24-29)34-37(19-4-8-26-6-2-1-3-7-26,36(44)41-20-23-47-25-27-9-14-30(40)15-10-27)42-35(46-34)28-11-16-31(17-12-28)45-22-5-21-43/h1-4,6-18,24,34,43H,5,19-23,25H2,(H,41,44)/b8-4+/t34-,37-/m1/s1. The van der Waals surface area contributed by atoms with Gasteiger partial charge in [0.15, 0.2) is 11.6 Å². The summed E-state index contributed by atoms with van der Waals surface area (Å²) in [4.78, 5) is 19.4. The van der Waals surface area contributed by atoms with Crippen LogP contribution in [0, 0.1) is 5.82 Å². The summed E-state index contributed by atoms with van der Waals surface area (Å²) in [6.07, 6.45) is 3.80. The molecule has 10 heteroatoms. The van der Waals surface area contributed by atoms with Crippen molar-refractivity contribution in [2.75, 3.05) is 25.5 Å². The topological polar surface area (TPSA) is 80.2 Å². The molecule has 0 unspecified atom stereocenters. The number of nitrogens with zero attached hydrogens (tertiary/aromatic N) is 1. The van der Waals surface area contributed by atoms with Crippen LogP contribution in [0.1, 0.15) is 41.2 Å². The number of rotatable bonds is 15. The number of hydrogen-bond donors (Lipinski definition) is 2. The number of ether oxygens (including phenoxy) is 2. The molecule has 0 saturated heterocycles. The maximum absolute atomic E-state index is 14.3. The van der Waals surface area contributed by atoms with Gasteiger partial charge < -0.3 is 19.9 Å². The number of amides is 1. The third-order valence-corrected chi connectivity index (χ3v) is 9.12. The Balaban J connectivity index is 1.43. The van der Waals surface area contributed by atoms with E-state index in [1.54, 1.807) is 54.2 Å². The van der Waals surface area contributed by atoms with Gasteiger partial charge >= 0.3 is 0 Å². The van der Waals surface area contributed by atoms with E-state index >= 15 is 0 Å². The van der Waals surface area contributed by atoms with E-state index in [4.69, 9.17) is 42.8 Å². The molecule has 2 N–H and O–H groups in total. The van der Waals surface area contributed by atoms with Crippen LogP contribution in [0.15, 0.2) is 108 Å². The highest BCUT2D eigenvalue weighted by Gasteiger charge is 2.53. The van der Waals surface area contributed by atoms with Gasteiger partial charge in [0.05, 0.1) is 6.61 Å². The van der Waals surface area contributed by atoms with Crippen LogP contribution < -0.4 is 10.1 Å². The third-order valence-electron chi connectivity index (χ3n) is 7.53. The maximum Gasteiger partial charge on any atom is 0.252 e. The Labute approximate surface area is 288 Å². The molecule has 2 atom stereocenters. The monoisotopic (exact) mass is 692 g/mol. The summed E-state index contributed by atoms with van der Waals surface area (Å²) in [5, 5.41) is 13.0. The average molecular weight is 694 g/mol. The van der Waals surface area contributed by atoms with Crippen LogP contribution in [0.5, 0.6) is 5.75 Å². The van der Waals surface area contributed by atoms with E-state index in [-0.39, 0.29) is 24.8 Å². The Morgan fingerprint density at radius 1 is 1.04 bits per heavy atom. The minimum Gasteiger partial charge on any atom is -0.494 e. The summed E-state index contributed by atoms with van der Waals surface area (Å²) >= 11 is 14.6. The van der Waals surface area contributed by atoms with Gasteiger partial charge in [-0.05, 0) is 59.7 Å². The lowest BCUT2D eigenvalue weighted by atomic mass is 9.84. The Hall–Kier alpha value is -3.82. The lowest BCUT2D eigenvalue weighted by molar-refractivity contribution is -0.128. The predicted octanol–water partition coefficient (Wildman–Crippen LogP) is 8.30. The molecule has 5 rings (SSSR count). The number of aliphatic imine (C=N–C) groups is 1. The zero-order valence-electron chi connectivity index (χ0n) is 25.6. The molecule has 4 aromatic carbocycles. The van der Waals surface area contributed by atoms with Crippen molar-refractivity contribution in [3.8, 4) is 5.75 Å². The molecule has 0 aliphatic carbocycles. The van der Waals surface area contributed by atoms with Crippen molar-refractivity contribution in [1.29, 1.82) is 0 Å². The van der Waals surface area contributed by atoms with Crippen molar-refractivity contribution >= 4 is 52.8 Å². The zero-order valence-corrected chi connectivity index (χ0v) is 27.9. The van der Waals surface area contributed by atoms with Crippen LogP contribution in [-0.4, -0.2) is 48.0 Å². The highest BCUT2D eigenvalue weighted by Crippen LogP contribution is 2.45. The average Bonchev–Trinajstić information content (AvgIpc) is 3.46. The van der Waals surface area contributed by atoms with Crippen LogP contribution in [0.3, 0.4) is 0 Å². The molecule has 0 aromatic heterocycles. The second-order valence-electron chi connectivity index (χ2n) is 10.9. The summed E-state index contributed by atoms with van der Waals surface area (Å²) < 4.78 is 25.5. The zero-order chi connectivity index (χ0) is 33.1. The molecule has 1 aliphatic rings. The maximum atomic E-state index is 14.3. The molecular formula is C37H35Cl2FN2O4S. The van der Waals surface area contributed by atoms with Crippen LogP contribution >= 0.6 is 35.0 Å². The second kappa shape index (κ2) is 16.8. The molecular weight excluding hydrogens is 658 g/mol. The Morgan fingerprint density at radius 2 is 1.81 bits per heavy atom. The van der Waals surface area contributed by atoms with Crippen LogP contribution in [0.2, 0.25) is 10.0 Å². The van der Waals surface area contributed by atoms with E-state index in [0.29, 0.717) is 63.9 Å². The summed E-state index contributed by atoms with van der Waals surface area (Å²) in [5.41, 5.74) is 1.86. The SMILES string of the molecule is O=C(NCCSCc1ccc(F)cc1)[C@]1(C/C=C/c2ccccc2)N=C(c2ccc(OCCCO)cc2)O[C@@H]1c1ccc(Cl)cc1Cl. The fourth-order valence-corrected chi connectivity index (χ4v) is 6.43. The van der Waals surface area contributed by atoms with Gasteiger partial charge in [0, 0.05) is 58.7 Å². The van der Waals surface area contributed by atoms with Crippen LogP contribution in [0.4, 0.5) is 4.39 Å². The van der Waals surface area contributed by atoms with Crippen molar-refractivity contribution in [2.24, 2.45) is 4.99 Å². The number of aliphatic hydroxyl groups excluding tert-OH is 1. The van der Waals surface area contributed by atoms with Crippen LogP contribution in [0.25, 0.3) is 6.08 Å². The first-order valence-corrected chi connectivity index (χ1v) is 17.2. The molecule has 4 aromatic rings. The predicted molar refractivity (Wildman–Crippen MR) is 189 cm³/mol. The fraction of sp³-hybridized carbons (Fsp3) is 0.243. The minimum absolute atomic E-state index is 0.0488. The molecule has 0 bridgehead atoms. The highest BCUT2D eigenvalue weighted by atomic mass is 35.5. The summed E-state index contributed by atoms with van der Waals surface area (Å²) in [6, 6.07) is 28.6. The van der Waals surface area contributed by atoms with Gasteiger partial charge in [-0.15, -0.1) is 0 Å². The molecule has 1 heterocycles.